The molecule has 0 amide bonds. The lowest BCUT2D eigenvalue weighted by Crippen LogP contribution is -2.22. The van der Waals surface area contributed by atoms with E-state index in [2.05, 4.69) is 6.58 Å². The van der Waals surface area contributed by atoms with Gasteiger partial charge in [-0.05, 0) is 19.8 Å². The molecule has 1 atom stereocenters. The molecule has 0 aliphatic rings. The van der Waals surface area contributed by atoms with Crippen LogP contribution in [0, 0.1) is 0 Å². The molecule has 1 nitrogen and oxygen atoms in total. The fourth-order valence-electron chi connectivity index (χ4n) is 0.497. The van der Waals surface area contributed by atoms with Crippen LogP contribution in [0.1, 0.15) is 19.8 Å². The molecule has 0 aliphatic carbocycles. The summed E-state index contributed by atoms with van der Waals surface area (Å²) in [6.07, 6.45) is 2.15. The van der Waals surface area contributed by atoms with Crippen LogP contribution in [0.25, 0.3) is 0 Å². The SMILES string of the molecule is C=CC(C)(O)CCC(Cl)(Cl)Cl. The van der Waals surface area contributed by atoms with E-state index in [4.69, 9.17) is 34.8 Å². The van der Waals surface area contributed by atoms with E-state index < -0.39 is 9.39 Å². The highest BCUT2D eigenvalue weighted by Gasteiger charge is 2.24. The van der Waals surface area contributed by atoms with Gasteiger partial charge < -0.3 is 5.11 Å². The van der Waals surface area contributed by atoms with Crippen molar-refractivity contribution in [1.29, 1.82) is 0 Å². The van der Waals surface area contributed by atoms with Gasteiger partial charge in [0.1, 0.15) is 0 Å². The second-order valence-corrected chi connectivity index (χ2v) is 5.19. The monoisotopic (exact) mass is 216 g/mol. The van der Waals surface area contributed by atoms with Crippen molar-refractivity contribution in [3.8, 4) is 0 Å². The normalized spacial score (nSPS) is 17.5. The van der Waals surface area contributed by atoms with Gasteiger partial charge in [0, 0.05) is 0 Å². The standard InChI is InChI=1S/C7H11Cl3O/c1-3-6(2,11)4-5-7(8,9)10/h3,11H,1,4-5H2,2H3. The summed E-state index contributed by atoms with van der Waals surface area (Å²) < 4.78 is -1.28. The summed E-state index contributed by atoms with van der Waals surface area (Å²) in [5, 5.41) is 9.39. The minimum atomic E-state index is -1.28. The Bertz CT molecular complexity index is 137. The Kier molecular flexibility index (Phi) is 4.20. The van der Waals surface area contributed by atoms with E-state index in [1.165, 1.54) is 6.08 Å². The molecule has 0 rings (SSSR count). The van der Waals surface area contributed by atoms with Gasteiger partial charge in [0.2, 0.25) is 0 Å². The minimum Gasteiger partial charge on any atom is -0.386 e. The molecular formula is C7H11Cl3O. The lowest BCUT2D eigenvalue weighted by Gasteiger charge is -2.20. The average molecular weight is 218 g/mol. The van der Waals surface area contributed by atoms with Gasteiger partial charge in [0.05, 0.1) is 5.60 Å². The Hall–Kier alpha value is 0.570. The predicted molar refractivity (Wildman–Crippen MR) is 50.3 cm³/mol. The highest BCUT2D eigenvalue weighted by atomic mass is 35.6. The summed E-state index contributed by atoms with van der Waals surface area (Å²) in [6, 6.07) is 0. The molecular weight excluding hydrogens is 206 g/mol. The third-order valence-corrected chi connectivity index (χ3v) is 1.92. The van der Waals surface area contributed by atoms with Crippen LogP contribution >= 0.6 is 34.8 Å². The van der Waals surface area contributed by atoms with Crippen molar-refractivity contribution >= 4 is 34.8 Å². The first-order valence-electron chi connectivity index (χ1n) is 3.19. The first kappa shape index (κ1) is 11.6. The highest BCUT2D eigenvalue weighted by molar-refractivity contribution is 6.67. The molecule has 0 heterocycles. The van der Waals surface area contributed by atoms with Crippen LogP contribution in [0.2, 0.25) is 0 Å². The molecule has 66 valence electrons. The molecule has 0 radical (unpaired) electrons. The zero-order valence-electron chi connectivity index (χ0n) is 6.28. The van der Waals surface area contributed by atoms with Crippen LogP contribution in [0.3, 0.4) is 0 Å². The van der Waals surface area contributed by atoms with E-state index in [9.17, 15) is 5.11 Å². The maximum Gasteiger partial charge on any atom is 0.190 e. The van der Waals surface area contributed by atoms with E-state index >= 15 is 0 Å². The number of hydrogen-bond donors (Lipinski definition) is 1. The number of aliphatic hydroxyl groups is 1. The van der Waals surface area contributed by atoms with E-state index in [1.807, 2.05) is 0 Å². The van der Waals surface area contributed by atoms with Crippen LogP contribution in [-0.4, -0.2) is 14.5 Å². The first-order chi connectivity index (χ1) is 4.77. The molecule has 11 heavy (non-hydrogen) atoms. The average Bonchev–Trinajstić information content (AvgIpc) is 1.83. The summed E-state index contributed by atoms with van der Waals surface area (Å²) in [5.41, 5.74) is -0.941. The van der Waals surface area contributed by atoms with E-state index in [-0.39, 0.29) is 0 Å². The number of halogens is 3. The fraction of sp³-hybridized carbons (Fsp3) is 0.714. The van der Waals surface area contributed by atoms with Gasteiger partial charge in [0.15, 0.2) is 3.79 Å². The lowest BCUT2D eigenvalue weighted by atomic mass is 10.0. The van der Waals surface area contributed by atoms with Crippen LogP contribution in [-0.2, 0) is 0 Å². The summed E-state index contributed by atoms with van der Waals surface area (Å²) >= 11 is 16.4. The maximum absolute atomic E-state index is 9.39. The summed E-state index contributed by atoms with van der Waals surface area (Å²) in [4.78, 5) is 0. The molecule has 0 spiro atoms. The Morgan fingerprint density at radius 1 is 1.36 bits per heavy atom. The van der Waals surface area contributed by atoms with Crippen molar-refractivity contribution < 1.29 is 5.11 Å². The van der Waals surface area contributed by atoms with Gasteiger partial charge in [-0.15, -0.1) is 6.58 Å². The van der Waals surface area contributed by atoms with Crippen molar-refractivity contribution in [2.45, 2.75) is 29.2 Å². The van der Waals surface area contributed by atoms with Crippen molar-refractivity contribution in [3.63, 3.8) is 0 Å². The van der Waals surface area contributed by atoms with Gasteiger partial charge in [0.25, 0.3) is 0 Å². The molecule has 0 aliphatic heterocycles. The summed E-state index contributed by atoms with van der Waals surface area (Å²) in [5.74, 6) is 0. The third kappa shape index (κ3) is 6.95. The van der Waals surface area contributed by atoms with Crippen LogP contribution in [0.15, 0.2) is 12.7 Å². The molecule has 0 bridgehead atoms. The second-order valence-electron chi connectivity index (χ2n) is 2.68. The van der Waals surface area contributed by atoms with Gasteiger partial charge in [-0.1, -0.05) is 40.9 Å². The van der Waals surface area contributed by atoms with Gasteiger partial charge in [-0.2, -0.15) is 0 Å². The molecule has 0 saturated carbocycles. The van der Waals surface area contributed by atoms with E-state index in [0.29, 0.717) is 12.8 Å². The number of hydrogen-bond acceptors (Lipinski definition) is 1. The Labute approximate surface area is 81.9 Å². The van der Waals surface area contributed by atoms with Gasteiger partial charge >= 0.3 is 0 Å². The maximum atomic E-state index is 9.39. The number of rotatable bonds is 3. The number of alkyl halides is 3. The molecule has 0 saturated heterocycles. The summed E-state index contributed by atoms with van der Waals surface area (Å²) in [6.45, 7) is 5.08. The van der Waals surface area contributed by atoms with Crippen molar-refractivity contribution in [2.75, 3.05) is 0 Å². The van der Waals surface area contributed by atoms with Crippen molar-refractivity contribution in [1.82, 2.24) is 0 Å². The molecule has 0 aromatic carbocycles. The molecule has 4 heteroatoms. The zero-order valence-corrected chi connectivity index (χ0v) is 8.55. The van der Waals surface area contributed by atoms with Crippen LogP contribution in [0.4, 0.5) is 0 Å². The van der Waals surface area contributed by atoms with Crippen LogP contribution < -0.4 is 0 Å². The molecule has 0 aromatic heterocycles. The predicted octanol–water partition coefficient (Wildman–Crippen LogP) is 3.07. The molecule has 1 unspecified atom stereocenters. The van der Waals surface area contributed by atoms with Crippen molar-refractivity contribution in [3.05, 3.63) is 12.7 Å². The summed E-state index contributed by atoms with van der Waals surface area (Å²) in [7, 11) is 0. The lowest BCUT2D eigenvalue weighted by molar-refractivity contribution is 0.100. The van der Waals surface area contributed by atoms with Crippen molar-refractivity contribution in [2.24, 2.45) is 0 Å². The largest absolute Gasteiger partial charge is 0.386 e. The molecule has 0 aromatic rings. The van der Waals surface area contributed by atoms with Crippen LogP contribution in [0.5, 0.6) is 0 Å². The highest BCUT2D eigenvalue weighted by Crippen LogP contribution is 2.33. The topological polar surface area (TPSA) is 20.2 Å². The quantitative estimate of drug-likeness (QED) is 0.569. The van der Waals surface area contributed by atoms with E-state index in [0.717, 1.165) is 0 Å². The third-order valence-electron chi connectivity index (χ3n) is 1.35. The first-order valence-corrected chi connectivity index (χ1v) is 4.33. The Morgan fingerprint density at radius 3 is 2.09 bits per heavy atom. The molecule has 0 fully saturated rings. The molecule has 1 N–H and O–H groups in total. The van der Waals surface area contributed by atoms with Gasteiger partial charge in [-0.25, -0.2) is 0 Å². The second kappa shape index (κ2) is 3.99. The Morgan fingerprint density at radius 2 is 1.82 bits per heavy atom. The minimum absolute atomic E-state index is 0.316. The van der Waals surface area contributed by atoms with Gasteiger partial charge in [-0.3, -0.25) is 0 Å². The smallest absolute Gasteiger partial charge is 0.190 e. The Balaban J connectivity index is 3.79. The fourth-order valence-corrected chi connectivity index (χ4v) is 0.780. The zero-order chi connectivity index (χ0) is 9.12. The van der Waals surface area contributed by atoms with E-state index in [1.54, 1.807) is 6.92 Å².